The molecule has 8 nitrogen and oxygen atoms in total. The van der Waals surface area contributed by atoms with Gasteiger partial charge in [0.1, 0.15) is 6.29 Å². The van der Waals surface area contributed by atoms with Crippen LogP contribution in [0.15, 0.2) is 0 Å². The Bertz CT molecular complexity index is 279. The second-order valence-electron chi connectivity index (χ2n) is 4.65. The van der Waals surface area contributed by atoms with E-state index in [0.29, 0.717) is 85.2 Å². The van der Waals surface area contributed by atoms with Crippen LogP contribution in [0.25, 0.3) is 0 Å². The largest absolute Gasteiger partial charge is 0.378 e. The SMILES string of the molecule is NCCOCCOCCOCCOCCNC(=O)CCCC=O. The van der Waals surface area contributed by atoms with Crippen molar-refractivity contribution in [2.75, 3.05) is 65.9 Å². The maximum atomic E-state index is 11.3. The van der Waals surface area contributed by atoms with Crippen LogP contribution >= 0.6 is 0 Å². The number of hydrogen-bond acceptors (Lipinski definition) is 7. The maximum Gasteiger partial charge on any atom is 0.220 e. The van der Waals surface area contributed by atoms with Gasteiger partial charge in [0.2, 0.25) is 5.91 Å². The van der Waals surface area contributed by atoms with Crippen LogP contribution in [0.5, 0.6) is 0 Å². The zero-order valence-electron chi connectivity index (χ0n) is 13.8. The van der Waals surface area contributed by atoms with Crippen molar-refractivity contribution >= 4 is 12.2 Å². The van der Waals surface area contributed by atoms with E-state index in [9.17, 15) is 9.59 Å². The number of unbranched alkanes of at least 4 members (excludes halogenated alkanes) is 1. The third-order valence-corrected chi connectivity index (χ3v) is 2.67. The van der Waals surface area contributed by atoms with Crippen molar-refractivity contribution in [3.8, 4) is 0 Å². The summed E-state index contributed by atoms with van der Waals surface area (Å²) < 4.78 is 21.1. The Labute approximate surface area is 138 Å². The van der Waals surface area contributed by atoms with E-state index < -0.39 is 0 Å². The second kappa shape index (κ2) is 19.0. The normalized spacial score (nSPS) is 10.7. The van der Waals surface area contributed by atoms with Crippen LogP contribution in [-0.4, -0.2) is 78.1 Å². The number of nitrogens with one attached hydrogen (secondary N) is 1. The topological polar surface area (TPSA) is 109 Å². The molecule has 0 heterocycles. The summed E-state index contributed by atoms with van der Waals surface area (Å²) in [7, 11) is 0. The molecule has 0 aromatic rings. The number of ether oxygens (including phenoxy) is 4. The molecule has 8 heteroatoms. The van der Waals surface area contributed by atoms with Gasteiger partial charge in [0, 0.05) is 25.9 Å². The van der Waals surface area contributed by atoms with Crippen LogP contribution < -0.4 is 11.1 Å². The van der Waals surface area contributed by atoms with Crippen molar-refractivity contribution in [3.05, 3.63) is 0 Å². The summed E-state index contributed by atoms with van der Waals surface area (Å²) in [6.45, 7) is 5.04. The summed E-state index contributed by atoms with van der Waals surface area (Å²) in [4.78, 5) is 21.4. The van der Waals surface area contributed by atoms with E-state index in [2.05, 4.69) is 5.32 Å². The lowest BCUT2D eigenvalue weighted by molar-refractivity contribution is -0.121. The summed E-state index contributed by atoms with van der Waals surface area (Å²) >= 11 is 0. The molecular weight excluding hydrogens is 304 g/mol. The van der Waals surface area contributed by atoms with Gasteiger partial charge in [0.05, 0.1) is 52.9 Å². The first-order valence-electron chi connectivity index (χ1n) is 8.02. The molecule has 0 radical (unpaired) electrons. The van der Waals surface area contributed by atoms with Crippen molar-refractivity contribution in [3.63, 3.8) is 0 Å². The van der Waals surface area contributed by atoms with Crippen LogP contribution in [0.3, 0.4) is 0 Å². The first kappa shape index (κ1) is 21.9. The minimum absolute atomic E-state index is 0.0562. The number of carbonyl (C=O) groups is 2. The standard InChI is InChI=1S/C15H30N2O6/c16-4-7-20-9-11-22-13-14-23-12-10-21-8-5-17-15(19)3-1-2-6-18/h6H,1-5,7-14,16H2,(H,17,19). The van der Waals surface area contributed by atoms with Gasteiger partial charge in [-0.25, -0.2) is 0 Å². The second-order valence-corrected chi connectivity index (χ2v) is 4.65. The molecule has 0 bridgehead atoms. The highest BCUT2D eigenvalue weighted by Gasteiger charge is 1.99. The zero-order valence-corrected chi connectivity index (χ0v) is 13.8. The van der Waals surface area contributed by atoms with Crippen molar-refractivity contribution in [1.82, 2.24) is 5.32 Å². The van der Waals surface area contributed by atoms with Gasteiger partial charge < -0.3 is 34.8 Å². The van der Waals surface area contributed by atoms with Gasteiger partial charge in [0.25, 0.3) is 0 Å². The van der Waals surface area contributed by atoms with Gasteiger partial charge >= 0.3 is 0 Å². The first-order chi connectivity index (χ1) is 11.3. The lowest BCUT2D eigenvalue weighted by atomic mass is 10.2. The van der Waals surface area contributed by atoms with Gasteiger partial charge in [-0.05, 0) is 6.42 Å². The molecule has 0 saturated carbocycles. The third kappa shape index (κ3) is 18.9. The number of aldehydes is 1. The fourth-order valence-corrected chi connectivity index (χ4v) is 1.54. The van der Waals surface area contributed by atoms with Crippen molar-refractivity contribution in [2.24, 2.45) is 5.73 Å². The van der Waals surface area contributed by atoms with E-state index in [1.807, 2.05) is 0 Å². The number of carbonyl (C=O) groups excluding carboxylic acids is 2. The number of rotatable bonds is 18. The molecule has 0 fully saturated rings. The van der Waals surface area contributed by atoms with Crippen LogP contribution in [0, 0.1) is 0 Å². The van der Waals surface area contributed by atoms with Crippen molar-refractivity contribution in [2.45, 2.75) is 19.3 Å². The van der Waals surface area contributed by atoms with E-state index in [-0.39, 0.29) is 5.91 Å². The quantitative estimate of drug-likeness (QED) is 0.257. The van der Waals surface area contributed by atoms with E-state index in [0.717, 1.165) is 6.29 Å². The van der Waals surface area contributed by atoms with Crippen molar-refractivity contribution in [1.29, 1.82) is 0 Å². The lowest BCUT2D eigenvalue weighted by Crippen LogP contribution is -2.27. The van der Waals surface area contributed by atoms with Crippen LogP contribution in [0.1, 0.15) is 19.3 Å². The first-order valence-corrected chi connectivity index (χ1v) is 8.02. The van der Waals surface area contributed by atoms with Gasteiger partial charge in [-0.15, -0.1) is 0 Å². The monoisotopic (exact) mass is 334 g/mol. The van der Waals surface area contributed by atoms with Crippen molar-refractivity contribution < 1.29 is 28.5 Å². The molecule has 0 unspecified atom stereocenters. The van der Waals surface area contributed by atoms with E-state index in [1.165, 1.54) is 0 Å². The Morgan fingerprint density at radius 2 is 1.39 bits per heavy atom. The molecular formula is C15H30N2O6. The molecule has 0 aliphatic carbocycles. The Morgan fingerprint density at radius 1 is 0.870 bits per heavy atom. The number of hydrogen-bond donors (Lipinski definition) is 2. The number of amides is 1. The molecule has 3 N–H and O–H groups in total. The molecule has 0 aromatic heterocycles. The lowest BCUT2D eigenvalue weighted by Gasteiger charge is -2.08. The Balaban J connectivity index is 3.07. The van der Waals surface area contributed by atoms with Gasteiger partial charge in [-0.3, -0.25) is 4.79 Å². The van der Waals surface area contributed by atoms with E-state index in [1.54, 1.807) is 0 Å². The average Bonchev–Trinajstić information content (AvgIpc) is 2.55. The highest BCUT2D eigenvalue weighted by molar-refractivity contribution is 5.76. The van der Waals surface area contributed by atoms with E-state index >= 15 is 0 Å². The van der Waals surface area contributed by atoms with Gasteiger partial charge in [0.15, 0.2) is 0 Å². The third-order valence-electron chi connectivity index (χ3n) is 2.67. The fraction of sp³-hybridized carbons (Fsp3) is 0.867. The Hall–Kier alpha value is -1.06. The van der Waals surface area contributed by atoms with Crippen LogP contribution in [0.2, 0.25) is 0 Å². The molecule has 1 amide bonds. The summed E-state index contributed by atoms with van der Waals surface area (Å²) in [5, 5.41) is 2.72. The average molecular weight is 334 g/mol. The Morgan fingerprint density at radius 3 is 1.91 bits per heavy atom. The molecule has 0 aromatic carbocycles. The summed E-state index contributed by atoms with van der Waals surface area (Å²) in [6.07, 6.45) is 2.20. The van der Waals surface area contributed by atoms with Gasteiger partial charge in [-0.2, -0.15) is 0 Å². The molecule has 136 valence electrons. The molecule has 0 aliphatic rings. The van der Waals surface area contributed by atoms with Crippen LogP contribution in [0.4, 0.5) is 0 Å². The molecule has 23 heavy (non-hydrogen) atoms. The smallest absolute Gasteiger partial charge is 0.220 e. The highest BCUT2D eigenvalue weighted by Crippen LogP contribution is 1.91. The minimum atomic E-state index is -0.0562. The van der Waals surface area contributed by atoms with Gasteiger partial charge in [-0.1, -0.05) is 0 Å². The maximum absolute atomic E-state index is 11.3. The Kier molecular flexibility index (Phi) is 18.1. The predicted octanol–water partition coefficient (Wildman–Crippen LogP) is -0.503. The van der Waals surface area contributed by atoms with E-state index in [4.69, 9.17) is 24.7 Å². The summed E-state index contributed by atoms with van der Waals surface area (Å²) in [6, 6.07) is 0. The minimum Gasteiger partial charge on any atom is -0.378 e. The van der Waals surface area contributed by atoms with Crippen LogP contribution in [-0.2, 0) is 28.5 Å². The molecule has 0 rings (SSSR count). The predicted molar refractivity (Wildman–Crippen MR) is 85.3 cm³/mol. The highest BCUT2D eigenvalue weighted by atomic mass is 16.6. The fourth-order valence-electron chi connectivity index (χ4n) is 1.54. The molecule has 0 atom stereocenters. The number of nitrogens with two attached hydrogens (primary N) is 1. The molecule has 0 aliphatic heterocycles. The summed E-state index contributed by atoms with van der Waals surface area (Å²) in [5.41, 5.74) is 5.28. The molecule has 0 saturated heterocycles. The zero-order chi connectivity index (χ0) is 17.0. The molecule has 0 spiro atoms. The summed E-state index contributed by atoms with van der Waals surface area (Å²) in [5.74, 6) is -0.0562.